The minimum Gasteiger partial charge on any atom is -0.356 e. The molecule has 0 radical (unpaired) electrons. The molecular weight excluding hydrogens is 262 g/mol. The molecular formula is C10H18BrNOS. The topological polar surface area (TPSA) is 29.1 Å². The lowest BCUT2D eigenvalue weighted by Gasteiger charge is -2.09. The van der Waals surface area contributed by atoms with Crippen molar-refractivity contribution >= 4 is 33.6 Å². The maximum atomic E-state index is 11.6. The zero-order valence-electron chi connectivity index (χ0n) is 8.59. The van der Waals surface area contributed by atoms with Crippen molar-refractivity contribution in [1.82, 2.24) is 5.32 Å². The van der Waals surface area contributed by atoms with E-state index in [1.54, 1.807) is 0 Å². The van der Waals surface area contributed by atoms with Gasteiger partial charge in [0.05, 0.1) is 0 Å². The van der Waals surface area contributed by atoms with E-state index in [1.165, 1.54) is 0 Å². The molecule has 4 heteroatoms. The third kappa shape index (κ3) is 4.69. The van der Waals surface area contributed by atoms with Gasteiger partial charge >= 0.3 is 0 Å². The first kappa shape index (κ1) is 12.4. The summed E-state index contributed by atoms with van der Waals surface area (Å²) in [6.45, 7) is 2.96. The summed E-state index contributed by atoms with van der Waals surface area (Å²) < 4.78 is 0. The predicted octanol–water partition coefficient (Wildman–Crippen LogP) is 2.42. The maximum Gasteiger partial charge on any atom is 0.223 e. The van der Waals surface area contributed by atoms with Crippen LogP contribution in [0.5, 0.6) is 0 Å². The Balaban J connectivity index is 2.03. The standard InChI is InChI=1S/C10H18BrNOS/c1-8(11)3-2-5-12-10(13)9-4-6-14-7-9/h8-9H,2-7H2,1H3,(H,12,13). The van der Waals surface area contributed by atoms with Crippen LogP contribution in [0.2, 0.25) is 0 Å². The van der Waals surface area contributed by atoms with Crippen LogP contribution < -0.4 is 5.32 Å². The van der Waals surface area contributed by atoms with Crippen LogP contribution >= 0.6 is 27.7 Å². The van der Waals surface area contributed by atoms with Gasteiger partial charge in [-0.1, -0.05) is 22.9 Å². The van der Waals surface area contributed by atoms with Gasteiger partial charge in [0.2, 0.25) is 5.91 Å². The van der Waals surface area contributed by atoms with Crippen LogP contribution in [0.3, 0.4) is 0 Å². The molecule has 1 fully saturated rings. The second-order valence-corrected chi connectivity index (χ2v) is 6.49. The van der Waals surface area contributed by atoms with Gasteiger partial charge < -0.3 is 5.32 Å². The highest BCUT2D eigenvalue weighted by Crippen LogP contribution is 2.23. The van der Waals surface area contributed by atoms with Crippen LogP contribution in [0.1, 0.15) is 26.2 Å². The van der Waals surface area contributed by atoms with Gasteiger partial charge in [-0.15, -0.1) is 0 Å². The lowest BCUT2D eigenvalue weighted by Crippen LogP contribution is -2.31. The molecule has 1 rings (SSSR count). The number of carbonyl (C=O) groups excluding carboxylic acids is 1. The van der Waals surface area contributed by atoms with Gasteiger partial charge in [0.1, 0.15) is 0 Å². The number of rotatable bonds is 5. The number of halogens is 1. The number of alkyl halides is 1. The number of nitrogens with one attached hydrogen (secondary N) is 1. The van der Waals surface area contributed by atoms with Crippen molar-refractivity contribution in [2.45, 2.75) is 31.0 Å². The summed E-state index contributed by atoms with van der Waals surface area (Å²) in [5, 5.41) is 3.01. The van der Waals surface area contributed by atoms with Gasteiger partial charge in [-0.05, 0) is 25.0 Å². The van der Waals surface area contributed by atoms with Crippen LogP contribution in [0, 0.1) is 5.92 Å². The zero-order valence-corrected chi connectivity index (χ0v) is 11.0. The Hall–Kier alpha value is 0.300. The smallest absolute Gasteiger partial charge is 0.223 e. The minimum absolute atomic E-state index is 0.261. The molecule has 1 saturated heterocycles. The molecule has 0 aliphatic carbocycles. The number of thioether (sulfide) groups is 1. The van der Waals surface area contributed by atoms with Gasteiger partial charge in [0.15, 0.2) is 0 Å². The third-order valence-electron chi connectivity index (χ3n) is 2.38. The first-order chi connectivity index (χ1) is 6.70. The predicted molar refractivity (Wildman–Crippen MR) is 66.1 cm³/mol. The van der Waals surface area contributed by atoms with Gasteiger partial charge in [-0.2, -0.15) is 11.8 Å². The first-order valence-corrected chi connectivity index (χ1v) is 7.26. The van der Waals surface area contributed by atoms with E-state index in [0.717, 1.165) is 37.3 Å². The highest BCUT2D eigenvalue weighted by atomic mass is 79.9. The van der Waals surface area contributed by atoms with Crippen LogP contribution in [0.25, 0.3) is 0 Å². The summed E-state index contributed by atoms with van der Waals surface area (Å²) in [6.07, 6.45) is 3.25. The van der Waals surface area contributed by atoms with E-state index in [2.05, 4.69) is 28.2 Å². The molecule has 2 atom stereocenters. The lowest BCUT2D eigenvalue weighted by molar-refractivity contribution is -0.124. The molecule has 82 valence electrons. The third-order valence-corrected chi connectivity index (χ3v) is 4.00. The second-order valence-electron chi connectivity index (χ2n) is 3.77. The average molecular weight is 280 g/mol. The molecule has 2 unspecified atom stereocenters. The molecule has 1 aliphatic rings. The van der Waals surface area contributed by atoms with Crippen molar-refractivity contribution in [2.75, 3.05) is 18.1 Å². The quantitative estimate of drug-likeness (QED) is 0.619. The van der Waals surface area contributed by atoms with E-state index in [1.807, 2.05) is 11.8 Å². The molecule has 0 aromatic rings. The van der Waals surface area contributed by atoms with E-state index in [4.69, 9.17) is 0 Å². The van der Waals surface area contributed by atoms with Crippen molar-refractivity contribution in [2.24, 2.45) is 5.92 Å². The van der Waals surface area contributed by atoms with Gasteiger partial charge in [0.25, 0.3) is 0 Å². The number of amides is 1. The van der Waals surface area contributed by atoms with E-state index in [9.17, 15) is 4.79 Å². The summed E-state index contributed by atoms with van der Waals surface area (Å²) >= 11 is 5.38. The fourth-order valence-corrected chi connectivity index (χ4v) is 3.02. The summed E-state index contributed by atoms with van der Waals surface area (Å²) in [7, 11) is 0. The number of hydrogen-bond donors (Lipinski definition) is 1. The first-order valence-electron chi connectivity index (χ1n) is 5.19. The van der Waals surface area contributed by atoms with Gasteiger partial charge in [-0.25, -0.2) is 0 Å². The summed E-state index contributed by atoms with van der Waals surface area (Å²) in [5.74, 6) is 2.70. The molecule has 0 spiro atoms. The molecule has 0 saturated carbocycles. The Morgan fingerprint density at radius 2 is 2.50 bits per heavy atom. The Kier molecular flexibility index (Phi) is 5.94. The molecule has 1 N–H and O–H groups in total. The zero-order chi connectivity index (χ0) is 10.4. The number of carbonyl (C=O) groups is 1. The van der Waals surface area contributed by atoms with E-state index < -0.39 is 0 Å². The second kappa shape index (κ2) is 6.72. The molecule has 1 heterocycles. The highest BCUT2D eigenvalue weighted by molar-refractivity contribution is 9.09. The molecule has 14 heavy (non-hydrogen) atoms. The van der Waals surface area contributed by atoms with E-state index in [0.29, 0.717) is 4.83 Å². The maximum absolute atomic E-state index is 11.6. The van der Waals surface area contributed by atoms with Crippen LogP contribution in [0.4, 0.5) is 0 Å². The summed E-state index contributed by atoms with van der Waals surface area (Å²) in [4.78, 5) is 12.1. The van der Waals surface area contributed by atoms with E-state index in [-0.39, 0.29) is 11.8 Å². The summed E-state index contributed by atoms with van der Waals surface area (Å²) in [5.41, 5.74) is 0. The van der Waals surface area contributed by atoms with Crippen LogP contribution in [0.15, 0.2) is 0 Å². The van der Waals surface area contributed by atoms with Crippen LogP contribution in [-0.4, -0.2) is 28.8 Å². The Morgan fingerprint density at radius 1 is 1.71 bits per heavy atom. The van der Waals surface area contributed by atoms with E-state index >= 15 is 0 Å². The van der Waals surface area contributed by atoms with Crippen molar-refractivity contribution in [3.8, 4) is 0 Å². The Bertz CT molecular complexity index is 181. The molecule has 1 aliphatic heterocycles. The fourth-order valence-electron chi connectivity index (χ4n) is 1.48. The average Bonchev–Trinajstić information content (AvgIpc) is 2.64. The molecule has 1 amide bonds. The van der Waals surface area contributed by atoms with Crippen molar-refractivity contribution in [3.05, 3.63) is 0 Å². The normalized spacial score (nSPS) is 23.4. The lowest BCUT2D eigenvalue weighted by atomic mass is 10.1. The Labute approximate surface area is 98.7 Å². The highest BCUT2D eigenvalue weighted by Gasteiger charge is 2.22. The van der Waals surface area contributed by atoms with Gasteiger partial charge in [-0.3, -0.25) is 4.79 Å². The minimum atomic E-state index is 0.261. The SMILES string of the molecule is CC(Br)CCCNC(=O)C1CCSC1. The number of hydrogen-bond acceptors (Lipinski definition) is 2. The molecule has 2 nitrogen and oxygen atoms in total. The molecule has 0 aromatic heterocycles. The van der Waals surface area contributed by atoms with Gasteiger partial charge in [0, 0.05) is 23.0 Å². The van der Waals surface area contributed by atoms with Crippen LogP contribution in [-0.2, 0) is 4.79 Å². The monoisotopic (exact) mass is 279 g/mol. The van der Waals surface area contributed by atoms with Crippen molar-refractivity contribution in [3.63, 3.8) is 0 Å². The van der Waals surface area contributed by atoms with Crippen molar-refractivity contribution < 1.29 is 4.79 Å². The Morgan fingerprint density at radius 3 is 3.07 bits per heavy atom. The largest absolute Gasteiger partial charge is 0.356 e. The fraction of sp³-hybridized carbons (Fsp3) is 0.900. The molecule has 0 bridgehead atoms. The van der Waals surface area contributed by atoms with Crippen molar-refractivity contribution in [1.29, 1.82) is 0 Å². The molecule has 0 aromatic carbocycles. The summed E-state index contributed by atoms with van der Waals surface area (Å²) in [6, 6.07) is 0.